The summed E-state index contributed by atoms with van der Waals surface area (Å²) in [5, 5.41) is 2.50. The number of thiazole rings is 1. The highest BCUT2D eigenvalue weighted by atomic mass is 32.1. The third-order valence-corrected chi connectivity index (χ3v) is 4.75. The van der Waals surface area contributed by atoms with E-state index in [4.69, 9.17) is 9.15 Å². The van der Waals surface area contributed by atoms with Gasteiger partial charge in [0.15, 0.2) is 5.69 Å². The molecule has 2 aromatic rings. The molecular formula is C16H18N2O4S. The number of likely N-dealkylation sites (tertiary alicyclic amines) is 1. The van der Waals surface area contributed by atoms with Crippen LogP contribution < -0.4 is 0 Å². The first-order chi connectivity index (χ1) is 11.2. The fourth-order valence-electron chi connectivity index (χ4n) is 2.73. The molecule has 122 valence electrons. The molecule has 23 heavy (non-hydrogen) atoms. The summed E-state index contributed by atoms with van der Waals surface area (Å²) in [6.45, 7) is 2.80. The van der Waals surface area contributed by atoms with Crippen LogP contribution in [-0.4, -0.2) is 34.9 Å². The van der Waals surface area contributed by atoms with Crippen LogP contribution in [0.25, 0.3) is 0 Å². The smallest absolute Gasteiger partial charge is 0.357 e. The summed E-state index contributed by atoms with van der Waals surface area (Å²) in [6, 6.07) is 1.74. The second-order valence-electron chi connectivity index (χ2n) is 5.34. The van der Waals surface area contributed by atoms with Gasteiger partial charge in [0.1, 0.15) is 5.01 Å². The molecule has 1 saturated heterocycles. The lowest BCUT2D eigenvalue weighted by molar-refractivity contribution is -0.131. The summed E-state index contributed by atoms with van der Waals surface area (Å²) >= 11 is 1.41. The molecule has 6 nitrogen and oxygen atoms in total. The minimum Gasteiger partial charge on any atom is -0.472 e. The Balaban J connectivity index is 1.71. The monoisotopic (exact) mass is 334 g/mol. The van der Waals surface area contributed by atoms with Gasteiger partial charge >= 0.3 is 5.97 Å². The first kappa shape index (κ1) is 15.7. The quantitative estimate of drug-likeness (QED) is 0.786. The first-order valence-corrected chi connectivity index (χ1v) is 8.50. The number of rotatable bonds is 5. The predicted molar refractivity (Wildman–Crippen MR) is 84.2 cm³/mol. The van der Waals surface area contributed by atoms with Gasteiger partial charge < -0.3 is 14.1 Å². The van der Waals surface area contributed by atoms with Gasteiger partial charge in [-0.25, -0.2) is 9.78 Å². The maximum Gasteiger partial charge on any atom is 0.357 e. The normalized spacial score (nSPS) is 17.4. The van der Waals surface area contributed by atoms with Gasteiger partial charge in [-0.1, -0.05) is 0 Å². The molecule has 0 spiro atoms. The molecule has 7 heteroatoms. The van der Waals surface area contributed by atoms with Gasteiger partial charge in [-0.15, -0.1) is 11.3 Å². The molecule has 1 aliphatic rings. The lowest BCUT2D eigenvalue weighted by Crippen LogP contribution is -2.31. The Morgan fingerprint density at radius 1 is 1.52 bits per heavy atom. The second kappa shape index (κ2) is 6.95. The fourth-order valence-corrected chi connectivity index (χ4v) is 3.67. The standard InChI is InChI=1S/C16H18N2O4S/c1-2-22-16(20)12-10-23-15(17-12)13-4-3-6-18(13)14(19)8-11-5-7-21-9-11/h5,7,9-10,13H,2-4,6,8H2,1H3/t13-/m1/s1. The summed E-state index contributed by atoms with van der Waals surface area (Å²) in [7, 11) is 0. The third-order valence-electron chi connectivity index (χ3n) is 3.80. The van der Waals surface area contributed by atoms with Crippen molar-refractivity contribution in [1.29, 1.82) is 0 Å². The number of esters is 1. The molecule has 1 aliphatic heterocycles. The van der Waals surface area contributed by atoms with Crippen molar-refractivity contribution >= 4 is 23.2 Å². The molecule has 0 saturated carbocycles. The highest BCUT2D eigenvalue weighted by Gasteiger charge is 2.32. The van der Waals surface area contributed by atoms with Crippen molar-refractivity contribution in [2.45, 2.75) is 32.2 Å². The fraction of sp³-hybridized carbons (Fsp3) is 0.438. The molecule has 3 rings (SSSR count). The Morgan fingerprint density at radius 3 is 3.13 bits per heavy atom. The van der Waals surface area contributed by atoms with Crippen molar-refractivity contribution < 1.29 is 18.7 Å². The number of hydrogen-bond donors (Lipinski definition) is 0. The zero-order valence-corrected chi connectivity index (χ0v) is 13.7. The van der Waals surface area contributed by atoms with E-state index in [0.29, 0.717) is 18.7 Å². The number of nitrogens with zero attached hydrogens (tertiary/aromatic N) is 2. The highest BCUT2D eigenvalue weighted by molar-refractivity contribution is 7.09. The molecule has 0 unspecified atom stereocenters. The predicted octanol–water partition coefficient (Wildman–Crippen LogP) is 2.82. The molecule has 3 heterocycles. The number of amides is 1. The van der Waals surface area contributed by atoms with Crippen LogP contribution in [0.4, 0.5) is 0 Å². The van der Waals surface area contributed by atoms with Gasteiger partial charge in [-0.2, -0.15) is 0 Å². The van der Waals surface area contributed by atoms with E-state index < -0.39 is 5.97 Å². The SMILES string of the molecule is CCOC(=O)c1csc([C@H]2CCCN2C(=O)Cc2ccoc2)n1. The van der Waals surface area contributed by atoms with E-state index in [2.05, 4.69) is 4.98 Å². The highest BCUT2D eigenvalue weighted by Crippen LogP contribution is 2.34. The largest absolute Gasteiger partial charge is 0.472 e. The number of ether oxygens (including phenoxy) is 1. The number of furan rings is 1. The molecule has 0 bridgehead atoms. The van der Waals surface area contributed by atoms with E-state index in [0.717, 1.165) is 30.0 Å². The van der Waals surface area contributed by atoms with E-state index >= 15 is 0 Å². The van der Waals surface area contributed by atoms with Crippen LogP contribution in [0.5, 0.6) is 0 Å². The summed E-state index contributed by atoms with van der Waals surface area (Å²) in [4.78, 5) is 30.5. The van der Waals surface area contributed by atoms with E-state index in [9.17, 15) is 9.59 Å². The van der Waals surface area contributed by atoms with Crippen LogP contribution in [-0.2, 0) is 16.0 Å². The minimum absolute atomic E-state index is 0.0532. The lowest BCUT2D eigenvalue weighted by Gasteiger charge is -2.22. The maximum atomic E-state index is 12.5. The Kier molecular flexibility index (Phi) is 4.76. The van der Waals surface area contributed by atoms with Crippen LogP contribution in [0.2, 0.25) is 0 Å². The zero-order chi connectivity index (χ0) is 16.2. The number of carbonyl (C=O) groups is 2. The van der Waals surface area contributed by atoms with E-state index in [-0.39, 0.29) is 11.9 Å². The van der Waals surface area contributed by atoms with Crippen molar-refractivity contribution in [3.8, 4) is 0 Å². The summed E-state index contributed by atoms with van der Waals surface area (Å²) in [6.07, 6.45) is 5.29. The molecule has 1 atom stereocenters. The number of carbonyl (C=O) groups excluding carboxylic acids is 2. The van der Waals surface area contributed by atoms with Crippen LogP contribution in [0.3, 0.4) is 0 Å². The first-order valence-electron chi connectivity index (χ1n) is 7.62. The van der Waals surface area contributed by atoms with E-state index in [1.54, 1.807) is 30.9 Å². The Morgan fingerprint density at radius 2 is 2.39 bits per heavy atom. The molecule has 1 fully saturated rings. The van der Waals surface area contributed by atoms with Crippen molar-refractivity contribution in [3.63, 3.8) is 0 Å². The van der Waals surface area contributed by atoms with Gasteiger partial charge in [0.25, 0.3) is 0 Å². The average molecular weight is 334 g/mol. The molecular weight excluding hydrogens is 316 g/mol. The van der Waals surface area contributed by atoms with Crippen LogP contribution >= 0.6 is 11.3 Å². The maximum absolute atomic E-state index is 12.5. The number of aromatic nitrogens is 1. The minimum atomic E-state index is -0.413. The molecule has 0 N–H and O–H groups in total. The lowest BCUT2D eigenvalue weighted by atomic mass is 10.2. The van der Waals surface area contributed by atoms with Crippen molar-refractivity contribution in [1.82, 2.24) is 9.88 Å². The van der Waals surface area contributed by atoms with Crippen molar-refractivity contribution in [2.24, 2.45) is 0 Å². The Labute approximate surface area is 138 Å². The third kappa shape index (κ3) is 3.44. The van der Waals surface area contributed by atoms with Gasteiger partial charge in [0, 0.05) is 11.9 Å². The van der Waals surface area contributed by atoms with E-state index in [1.165, 1.54) is 11.3 Å². The molecule has 0 radical (unpaired) electrons. The van der Waals surface area contributed by atoms with Crippen LogP contribution in [0.1, 0.15) is 46.9 Å². The molecule has 0 aliphatic carbocycles. The Bertz CT molecular complexity index is 680. The van der Waals surface area contributed by atoms with E-state index in [1.807, 2.05) is 4.90 Å². The van der Waals surface area contributed by atoms with Crippen LogP contribution in [0.15, 0.2) is 28.4 Å². The summed E-state index contributed by atoms with van der Waals surface area (Å²) < 4.78 is 9.97. The second-order valence-corrected chi connectivity index (χ2v) is 6.23. The molecule has 1 amide bonds. The van der Waals surface area contributed by atoms with Gasteiger partial charge in [-0.05, 0) is 31.4 Å². The topological polar surface area (TPSA) is 72.6 Å². The Hall–Kier alpha value is -2.15. The van der Waals surface area contributed by atoms with Gasteiger partial charge in [-0.3, -0.25) is 4.79 Å². The van der Waals surface area contributed by atoms with Crippen LogP contribution in [0, 0.1) is 0 Å². The molecule has 2 aromatic heterocycles. The zero-order valence-electron chi connectivity index (χ0n) is 12.9. The van der Waals surface area contributed by atoms with Gasteiger partial charge in [0.2, 0.25) is 5.91 Å². The molecule has 0 aromatic carbocycles. The van der Waals surface area contributed by atoms with Crippen molar-refractivity contribution in [3.05, 3.63) is 40.2 Å². The summed E-state index contributed by atoms with van der Waals surface area (Å²) in [5.41, 5.74) is 1.19. The number of hydrogen-bond acceptors (Lipinski definition) is 6. The average Bonchev–Trinajstić information content (AvgIpc) is 3.28. The summed E-state index contributed by atoms with van der Waals surface area (Å²) in [5.74, 6) is -0.356. The van der Waals surface area contributed by atoms with Crippen molar-refractivity contribution in [2.75, 3.05) is 13.2 Å². The van der Waals surface area contributed by atoms with Gasteiger partial charge in [0.05, 0.1) is 31.6 Å².